The van der Waals surface area contributed by atoms with Crippen LogP contribution in [0.4, 0.5) is 0 Å². The Morgan fingerprint density at radius 2 is 0.520 bits per heavy atom. The van der Waals surface area contributed by atoms with Crippen LogP contribution < -0.4 is 0 Å². The van der Waals surface area contributed by atoms with Crippen molar-refractivity contribution in [2.75, 3.05) is 0 Å². The molecule has 0 rings (SSSR count). The summed E-state index contributed by atoms with van der Waals surface area (Å²) in [7, 11) is 0. The molecule has 0 aliphatic rings. The van der Waals surface area contributed by atoms with E-state index in [0.29, 0.717) is 0 Å². The van der Waals surface area contributed by atoms with E-state index in [1.807, 2.05) is 0 Å². The minimum absolute atomic E-state index is 0. The summed E-state index contributed by atoms with van der Waals surface area (Å²) < 4.78 is 0. The molecule has 0 radical (unpaired) electrons. The summed E-state index contributed by atoms with van der Waals surface area (Å²) >= 11 is 0. The fourth-order valence-corrected chi connectivity index (χ4v) is 0. The topological polar surface area (TPSA) is 149 Å². The first-order chi connectivity index (χ1) is 10.6. The zero-order valence-electron chi connectivity index (χ0n) is 16.1. The van der Waals surface area contributed by atoms with Gasteiger partial charge in [0.05, 0.1) is 23.7 Å². The molecule has 0 fully saturated rings. The molecule has 154 valence electrons. The van der Waals surface area contributed by atoms with Crippen LogP contribution in [-0.4, -0.2) is 44.3 Å². The van der Waals surface area contributed by atoms with Gasteiger partial charge in [-0.2, -0.15) is 0 Å². The number of carboxylic acids is 4. The molecule has 9 heteroatoms. The first kappa shape index (κ1) is 34.7. The summed E-state index contributed by atoms with van der Waals surface area (Å²) in [4.78, 5) is 38.8. The van der Waals surface area contributed by atoms with Gasteiger partial charge in [0.1, 0.15) is 0 Å². The molecule has 0 unspecified atom stereocenters. The number of rotatable bonds is 4. The molecule has 0 heterocycles. The van der Waals surface area contributed by atoms with E-state index in [1.54, 1.807) is 55.4 Å². The smallest absolute Gasteiger partial charge is 0.305 e. The number of aliphatic carboxylic acids is 4. The van der Waals surface area contributed by atoms with Gasteiger partial charge in [-0.3, -0.25) is 19.2 Å². The van der Waals surface area contributed by atoms with Gasteiger partial charge >= 0.3 is 23.9 Å². The van der Waals surface area contributed by atoms with E-state index in [0.717, 1.165) is 0 Å². The van der Waals surface area contributed by atoms with Crippen molar-refractivity contribution in [1.82, 2.24) is 0 Å². The number of hydrogen-bond acceptors (Lipinski definition) is 4. The van der Waals surface area contributed by atoms with Crippen molar-refractivity contribution in [2.45, 2.75) is 55.4 Å². The number of carboxylic acid groups (broad SMARTS) is 4. The third-order valence-corrected chi connectivity index (χ3v) is 1.98. The third kappa shape index (κ3) is 45.0. The van der Waals surface area contributed by atoms with Crippen LogP contribution in [0.25, 0.3) is 0 Å². The Morgan fingerprint density at radius 1 is 0.480 bits per heavy atom. The Balaban J connectivity index is -0.0000000500. The molecule has 0 aliphatic carbocycles. The van der Waals surface area contributed by atoms with Crippen LogP contribution >= 0.6 is 0 Å². The Kier molecular flexibility index (Phi) is 28.4. The van der Waals surface area contributed by atoms with Gasteiger partial charge in [0, 0.05) is 18.5 Å². The van der Waals surface area contributed by atoms with Crippen molar-refractivity contribution in [3.8, 4) is 0 Å². The van der Waals surface area contributed by atoms with Gasteiger partial charge < -0.3 is 20.4 Å². The number of carbonyl (C=O) groups is 4. The quantitative estimate of drug-likeness (QED) is 0.517. The van der Waals surface area contributed by atoms with Crippen LogP contribution in [0.2, 0.25) is 0 Å². The predicted octanol–water partition coefficient (Wildman–Crippen LogP) is 3.15. The second kappa shape index (κ2) is 20.4. The Labute approximate surface area is 161 Å². The minimum atomic E-state index is -0.741. The first-order valence-electron chi connectivity index (χ1n) is 7.48. The van der Waals surface area contributed by atoms with Crippen molar-refractivity contribution in [2.24, 2.45) is 23.7 Å². The van der Waals surface area contributed by atoms with Crippen molar-refractivity contribution in [1.29, 1.82) is 0 Å². The third-order valence-electron chi connectivity index (χ3n) is 1.98. The molecule has 0 aromatic heterocycles. The maximum Gasteiger partial charge on any atom is 0.305 e. The molecule has 0 spiro atoms. The SMILES string of the molecule is CC(C)C(=O)O.CC(C)C(=O)O.CC(C)C(=O)O.CC(C)C(=O)O.[Fe].[HH]. The predicted molar refractivity (Wildman–Crippen MR) is 92.0 cm³/mol. The van der Waals surface area contributed by atoms with Crippen LogP contribution in [0.3, 0.4) is 0 Å². The van der Waals surface area contributed by atoms with E-state index < -0.39 is 23.9 Å². The maximum atomic E-state index is 9.70. The van der Waals surface area contributed by atoms with Crippen molar-refractivity contribution >= 4 is 23.9 Å². The van der Waals surface area contributed by atoms with E-state index in [4.69, 9.17) is 20.4 Å². The molecule has 0 amide bonds. The van der Waals surface area contributed by atoms with Gasteiger partial charge in [0.15, 0.2) is 0 Å². The van der Waals surface area contributed by atoms with Crippen molar-refractivity contribution < 1.29 is 58.1 Å². The van der Waals surface area contributed by atoms with Gasteiger partial charge in [-0.1, -0.05) is 55.4 Å². The fourth-order valence-electron chi connectivity index (χ4n) is 0. The molecule has 0 bridgehead atoms. The van der Waals surface area contributed by atoms with E-state index in [-0.39, 0.29) is 42.2 Å². The van der Waals surface area contributed by atoms with Gasteiger partial charge in [-0.25, -0.2) is 0 Å². The number of hydrogen-bond donors (Lipinski definition) is 4. The molecule has 0 aromatic rings. The van der Waals surface area contributed by atoms with E-state index in [9.17, 15) is 19.2 Å². The second-order valence-corrected chi connectivity index (χ2v) is 5.97. The summed E-state index contributed by atoms with van der Waals surface area (Å²) in [5, 5.41) is 32.0. The van der Waals surface area contributed by atoms with Crippen molar-refractivity contribution in [3.63, 3.8) is 0 Å². The van der Waals surface area contributed by atoms with E-state index in [1.165, 1.54) is 0 Å². The van der Waals surface area contributed by atoms with Crippen LogP contribution in [0.5, 0.6) is 0 Å². The first-order valence-corrected chi connectivity index (χ1v) is 7.48. The van der Waals surface area contributed by atoms with Gasteiger partial charge in [0.25, 0.3) is 0 Å². The summed E-state index contributed by atoms with van der Waals surface area (Å²) in [5.74, 6) is -3.89. The fraction of sp³-hybridized carbons (Fsp3) is 0.750. The van der Waals surface area contributed by atoms with Crippen LogP contribution in [-0.2, 0) is 36.2 Å². The Morgan fingerprint density at radius 3 is 0.520 bits per heavy atom. The molecule has 0 aliphatic heterocycles. The molecule has 0 saturated heterocycles. The van der Waals surface area contributed by atoms with Crippen LogP contribution in [0.15, 0.2) is 0 Å². The largest absolute Gasteiger partial charge is 0.481 e. The Hall–Kier alpha value is -1.60. The zero-order chi connectivity index (χ0) is 20.6. The standard InChI is InChI=1S/4C4H8O2.Fe.H2/c4*1-3(2)4(5)6;;/h4*3H,1-2H3,(H,5,6);;1H. The molecular formula is C16H34FeO8. The average Bonchev–Trinajstić information content (AvgIpc) is 2.40. The zero-order valence-corrected chi connectivity index (χ0v) is 17.2. The summed E-state index contributed by atoms with van der Waals surface area (Å²) in [6, 6.07) is 0. The summed E-state index contributed by atoms with van der Waals surface area (Å²) in [6.07, 6.45) is 0. The van der Waals surface area contributed by atoms with Gasteiger partial charge in [-0.05, 0) is 0 Å². The van der Waals surface area contributed by atoms with Gasteiger partial charge in [0.2, 0.25) is 0 Å². The van der Waals surface area contributed by atoms with E-state index >= 15 is 0 Å². The molecule has 4 N–H and O–H groups in total. The monoisotopic (exact) mass is 410 g/mol. The summed E-state index contributed by atoms with van der Waals surface area (Å²) in [6.45, 7) is 13.1. The normalized spacial score (nSPS) is 8.80. The summed E-state index contributed by atoms with van der Waals surface area (Å²) in [5.41, 5.74) is 0. The van der Waals surface area contributed by atoms with E-state index in [2.05, 4.69) is 0 Å². The molecule has 0 aromatic carbocycles. The molecule has 8 nitrogen and oxygen atoms in total. The second-order valence-electron chi connectivity index (χ2n) is 5.97. The molecule has 0 saturated carbocycles. The van der Waals surface area contributed by atoms with Crippen LogP contribution in [0.1, 0.15) is 56.8 Å². The molecule has 0 atom stereocenters. The molecular weight excluding hydrogens is 376 g/mol. The van der Waals surface area contributed by atoms with Crippen molar-refractivity contribution in [3.05, 3.63) is 0 Å². The minimum Gasteiger partial charge on any atom is -0.481 e. The van der Waals surface area contributed by atoms with Gasteiger partial charge in [-0.15, -0.1) is 0 Å². The molecule has 25 heavy (non-hydrogen) atoms. The van der Waals surface area contributed by atoms with Crippen LogP contribution in [0, 0.1) is 23.7 Å². The Bertz CT molecular complexity index is 310. The average molecular weight is 410 g/mol. The maximum absolute atomic E-state index is 9.70.